The maximum absolute atomic E-state index is 11.4. The minimum absolute atomic E-state index is 0.0809. The number of rotatable bonds is 5. The molecular weight excluding hydrogens is 224 g/mol. The molecule has 1 aromatic carbocycles. The lowest BCUT2D eigenvalue weighted by Crippen LogP contribution is -2.15. The van der Waals surface area contributed by atoms with Gasteiger partial charge in [0.15, 0.2) is 0 Å². The van der Waals surface area contributed by atoms with Gasteiger partial charge in [0.25, 0.3) is 0 Å². The predicted octanol–water partition coefficient (Wildman–Crippen LogP) is 0.942. The summed E-state index contributed by atoms with van der Waals surface area (Å²) in [5, 5.41) is 11.3. The lowest BCUT2D eigenvalue weighted by molar-refractivity contribution is -0.117. The zero-order chi connectivity index (χ0) is 12.8. The Morgan fingerprint density at radius 3 is 2.71 bits per heavy atom. The fourth-order valence-corrected chi connectivity index (χ4v) is 1.22. The van der Waals surface area contributed by atoms with Crippen LogP contribution in [-0.2, 0) is 9.53 Å². The van der Waals surface area contributed by atoms with Crippen LogP contribution in [0.4, 0.5) is 11.4 Å². The summed E-state index contributed by atoms with van der Waals surface area (Å²) in [5.41, 5.74) is 6.33. The second-order valence-corrected chi connectivity index (χ2v) is 3.40. The van der Waals surface area contributed by atoms with E-state index in [0.717, 1.165) is 0 Å². The number of nitrogens with two attached hydrogens (primary N) is 1. The molecule has 0 aliphatic heterocycles. The molecule has 0 bridgehead atoms. The van der Waals surface area contributed by atoms with Crippen molar-refractivity contribution < 1.29 is 19.4 Å². The Labute approximate surface area is 98.4 Å². The van der Waals surface area contributed by atoms with Crippen LogP contribution >= 0.6 is 0 Å². The number of ether oxygens (including phenoxy) is 1. The van der Waals surface area contributed by atoms with Gasteiger partial charge < -0.3 is 20.9 Å². The van der Waals surface area contributed by atoms with Crippen LogP contribution in [0.25, 0.3) is 0 Å². The maximum atomic E-state index is 11.4. The van der Waals surface area contributed by atoms with Gasteiger partial charge in [0.05, 0.1) is 30.0 Å². The topological polar surface area (TPSA) is 102 Å². The molecule has 1 amide bonds. The second kappa shape index (κ2) is 5.86. The summed E-state index contributed by atoms with van der Waals surface area (Å²) in [6.07, 6.45) is 0.219. The van der Waals surface area contributed by atoms with Crippen molar-refractivity contribution in [3.8, 4) is 0 Å². The largest absolute Gasteiger partial charge is 0.478 e. The zero-order valence-corrected chi connectivity index (χ0v) is 9.40. The normalized spacial score (nSPS) is 9.94. The highest BCUT2D eigenvalue weighted by Crippen LogP contribution is 2.20. The third kappa shape index (κ3) is 3.76. The molecule has 0 atom stereocenters. The van der Waals surface area contributed by atoms with Crippen LogP contribution in [0.15, 0.2) is 18.2 Å². The molecule has 0 saturated heterocycles. The molecule has 0 saturated carbocycles. The summed E-state index contributed by atoms with van der Waals surface area (Å²) < 4.78 is 4.76. The molecule has 17 heavy (non-hydrogen) atoms. The van der Waals surface area contributed by atoms with E-state index in [1.807, 2.05) is 0 Å². The highest BCUT2D eigenvalue weighted by Gasteiger charge is 2.08. The number of carboxylic acid groups (broad SMARTS) is 1. The Bertz CT molecular complexity index is 431. The monoisotopic (exact) mass is 238 g/mol. The first kappa shape index (κ1) is 13.0. The number of nitrogen functional groups attached to an aromatic ring is 1. The molecule has 0 aliphatic rings. The molecular formula is C11H14N2O4. The number of nitrogens with one attached hydrogen (secondary N) is 1. The molecule has 0 spiro atoms. The van der Waals surface area contributed by atoms with Crippen molar-refractivity contribution in [2.24, 2.45) is 0 Å². The Morgan fingerprint density at radius 1 is 1.47 bits per heavy atom. The number of carbonyl (C=O) groups is 2. The number of hydrogen-bond acceptors (Lipinski definition) is 4. The van der Waals surface area contributed by atoms with E-state index in [0.29, 0.717) is 12.3 Å². The first-order valence-electron chi connectivity index (χ1n) is 4.96. The van der Waals surface area contributed by atoms with Crippen molar-refractivity contribution in [3.05, 3.63) is 23.8 Å². The van der Waals surface area contributed by atoms with Crippen LogP contribution in [0.2, 0.25) is 0 Å². The summed E-state index contributed by atoms with van der Waals surface area (Å²) in [6.45, 7) is 0.318. The summed E-state index contributed by atoms with van der Waals surface area (Å²) in [4.78, 5) is 22.0. The minimum Gasteiger partial charge on any atom is -0.478 e. The summed E-state index contributed by atoms with van der Waals surface area (Å²) >= 11 is 0. The van der Waals surface area contributed by atoms with Crippen molar-refractivity contribution in [2.75, 3.05) is 24.8 Å². The standard InChI is InChI=1S/C11H14N2O4/c1-17-5-4-10(14)13-9-3-2-7(11(15)16)6-8(9)12/h2-3,6H,4-5,12H2,1H3,(H,13,14)(H,15,16). The third-order valence-electron chi connectivity index (χ3n) is 2.11. The molecule has 6 nitrogen and oxygen atoms in total. The number of carbonyl (C=O) groups excluding carboxylic acids is 1. The van der Waals surface area contributed by atoms with E-state index >= 15 is 0 Å². The van der Waals surface area contributed by atoms with Crippen molar-refractivity contribution in [2.45, 2.75) is 6.42 Å². The van der Waals surface area contributed by atoms with Gasteiger partial charge in [-0.2, -0.15) is 0 Å². The average molecular weight is 238 g/mol. The van der Waals surface area contributed by atoms with E-state index in [1.165, 1.54) is 25.3 Å². The predicted molar refractivity (Wildman–Crippen MR) is 62.9 cm³/mol. The number of hydrogen-bond donors (Lipinski definition) is 3. The Hall–Kier alpha value is -2.08. The molecule has 0 heterocycles. The molecule has 0 aliphatic carbocycles. The van der Waals surface area contributed by atoms with E-state index < -0.39 is 5.97 Å². The Morgan fingerprint density at radius 2 is 2.18 bits per heavy atom. The number of carboxylic acids is 1. The van der Waals surface area contributed by atoms with E-state index in [-0.39, 0.29) is 23.6 Å². The van der Waals surface area contributed by atoms with Gasteiger partial charge in [0.2, 0.25) is 5.91 Å². The van der Waals surface area contributed by atoms with E-state index in [4.69, 9.17) is 15.6 Å². The Balaban J connectivity index is 2.72. The van der Waals surface area contributed by atoms with Crippen molar-refractivity contribution >= 4 is 23.3 Å². The minimum atomic E-state index is -1.06. The van der Waals surface area contributed by atoms with Crippen LogP contribution < -0.4 is 11.1 Å². The smallest absolute Gasteiger partial charge is 0.335 e. The van der Waals surface area contributed by atoms with Gasteiger partial charge in [-0.1, -0.05) is 0 Å². The fourth-order valence-electron chi connectivity index (χ4n) is 1.22. The SMILES string of the molecule is COCCC(=O)Nc1ccc(C(=O)O)cc1N. The fraction of sp³-hybridized carbons (Fsp3) is 0.273. The van der Waals surface area contributed by atoms with E-state index in [2.05, 4.69) is 5.32 Å². The van der Waals surface area contributed by atoms with E-state index in [1.54, 1.807) is 0 Å². The highest BCUT2D eigenvalue weighted by molar-refractivity contribution is 5.96. The third-order valence-corrected chi connectivity index (χ3v) is 2.11. The van der Waals surface area contributed by atoms with Crippen LogP contribution in [0.5, 0.6) is 0 Å². The van der Waals surface area contributed by atoms with Gasteiger partial charge in [0, 0.05) is 7.11 Å². The number of benzene rings is 1. The summed E-state index contributed by atoms with van der Waals surface area (Å²) in [6, 6.07) is 4.14. The lowest BCUT2D eigenvalue weighted by atomic mass is 10.1. The average Bonchev–Trinajstić information content (AvgIpc) is 2.28. The molecule has 0 unspecified atom stereocenters. The molecule has 0 aromatic heterocycles. The lowest BCUT2D eigenvalue weighted by Gasteiger charge is -2.08. The van der Waals surface area contributed by atoms with Crippen molar-refractivity contribution in [1.82, 2.24) is 0 Å². The van der Waals surface area contributed by atoms with Gasteiger partial charge in [-0.25, -0.2) is 4.79 Å². The number of amides is 1. The van der Waals surface area contributed by atoms with Crippen molar-refractivity contribution in [1.29, 1.82) is 0 Å². The van der Waals surface area contributed by atoms with Gasteiger partial charge in [-0.05, 0) is 18.2 Å². The van der Waals surface area contributed by atoms with Crippen LogP contribution in [0, 0.1) is 0 Å². The van der Waals surface area contributed by atoms with Crippen LogP contribution in [-0.4, -0.2) is 30.7 Å². The quantitative estimate of drug-likeness (QED) is 0.662. The highest BCUT2D eigenvalue weighted by atomic mass is 16.5. The Kier molecular flexibility index (Phi) is 4.47. The van der Waals surface area contributed by atoms with Gasteiger partial charge >= 0.3 is 5.97 Å². The molecule has 4 N–H and O–H groups in total. The van der Waals surface area contributed by atoms with Crippen molar-refractivity contribution in [3.63, 3.8) is 0 Å². The molecule has 1 rings (SSSR count). The summed E-state index contributed by atoms with van der Waals surface area (Å²) in [7, 11) is 1.50. The number of methoxy groups -OCH3 is 1. The molecule has 0 radical (unpaired) electrons. The van der Waals surface area contributed by atoms with Gasteiger partial charge in [0.1, 0.15) is 0 Å². The molecule has 6 heteroatoms. The maximum Gasteiger partial charge on any atom is 0.335 e. The molecule has 92 valence electrons. The van der Waals surface area contributed by atoms with E-state index in [9.17, 15) is 9.59 Å². The molecule has 1 aromatic rings. The first-order chi connectivity index (χ1) is 8.04. The van der Waals surface area contributed by atoms with Crippen LogP contribution in [0.3, 0.4) is 0 Å². The zero-order valence-electron chi connectivity index (χ0n) is 9.40. The first-order valence-corrected chi connectivity index (χ1v) is 4.96. The number of aromatic carboxylic acids is 1. The van der Waals surface area contributed by atoms with Gasteiger partial charge in [-0.3, -0.25) is 4.79 Å². The molecule has 0 fully saturated rings. The second-order valence-electron chi connectivity index (χ2n) is 3.40. The van der Waals surface area contributed by atoms with Crippen LogP contribution in [0.1, 0.15) is 16.8 Å². The van der Waals surface area contributed by atoms with Gasteiger partial charge in [-0.15, -0.1) is 0 Å². The summed E-state index contributed by atoms with van der Waals surface area (Å²) in [5.74, 6) is -1.30. The number of anilines is 2.